The second-order valence-electron chi connectivity index (χ2n) is 7.71. The lowest BCUT2D eigenvalue weighted by Gasteiger charge is -2.38. The topological polar surface area (TPSA) is 58.9 Å². The fourth-order valence-electron chi connectivity index (χ4n) is 4.37. The quantitative estimate of drug-likeness (QED) is 0.607. The largest absolute Gasteiger partial charge is 0.481 e. The third kappa shape index (κ3) is 3.84. The summed E-state index contributed by atoms with van der Waals surface area (Å²) >= 11 is 1.64. The van der Waals surface area contributed by atoms with Gasteiger partial charge in [-0.25, -0.2) is 4.39 Å². The van der Waals surface area contributed by atoms with Crippen molar-refractivity contribution in [2.75, 3.05) is 6.61 Å². The standard InChI is InChI=1S/C24H24FNO3S/c1-3-10-29-24(28)21-14(2)26-18-12-16(20-5-4-11-30-20)13-19(27)23(18)22(21)15-6-8-17(25)9-7-15/h4-9,11,16,22-23,28H,2-3,10,12-13H2,1H3/b24-21-/t16-,22-,23?/m0/s1. The second kappa shape index (κ2) is 8.56. The SMILES string of the molecule is C=C1N=C2C[C@H](c3cccs3)CC(=O)C2[C@@H](c2ccc(F)cc2)/C1=C(/O)OCCC. The third-order valence-corrected chi connectivity index (χ3v) is 6.73. The fraction of sp³-hybridized carbons (Fsp3) is 0.333. The molecule has 0 saturated heterocycles. The number of benzene rings is 1. The lowest BCUT2D eigenvalue weighted by molar-refractivity contribution is -0.122. The average Bonchev–Trinajstić information content (AvgIpc) is 3.26. The Morgan fingerprint density at radius 2 is 2.03 bits per heavy atom. The van der Waals surface area contributed by atoms with E-state index in [1.54, 1.807) is 23.5 Å². The van der Waals surface area contributed by atoms with Gasteiger partial charge in [-0.3, -0.25) is 9.79 Å². The van der Waals surface area contributed by atoms with Crippen LogP contribution in [-0.2, 0) is 9.53 Å². The Labute approximate surface area is 179 Å². The molecule has 4 rings (SSSR count). The number of aliphatic hydroxyl groups is 1. The van der Waals surface area contributed by atoms with Gasteiger partial charge in [0, 0.05) is 28.8 Å². The Bertz CT molecular complexity index is 1010. The van der Waals surface area contributed by atoms with Crippen molar-refractivity contribution >= 4 is 22.8 Å². The summed E-state index contributed by atoms with van der Waals surface area (Å²) in [5.41, 5.74) is 2.31. The van der Waals surface area contributed by atoms with Crippen molar-refractivity contribution in [3.05, 3.63) is 81.8 Å². The molecule has 1 unspecified atom stereocenters. The van der Waals surface area contributed by atoms with Gasteiger partial charge < -0.3 is 9.84 Å². The summed E-state index contributed by atoms with van der Waals surface area (Å²) in [5.74, 6) is -1.46. The van der Waals surface area contributed by atoms with E-state index in [2.05, 4.69) is 11.6 Å². The number of rotatable bonds is 5. The molecule has 1 aromatic carbocycles. The summed E-state index contributed by atoms with van der Waals surface area (Å²) in [7, 11) is 0. The van der Waals surface area contributed by atoms with E-state index in [9.17, 15) is 14.3 Å². The lowest BCUT2D eigenvalue weighted by Crippen LogP contribution is -2.40. The van der Waals surface area contributed by atoms with Crippen molar-refractivity contribution in [1.29, 1.82) is 0 Å². The first-order chi connectivity index (χ1) is 14.5. The van der Waals surface area contributed by atoms with Crippen molar-refractivity contribution in [3.8, 4) is 0 Å². The minimum absolute atomic E-state index is 0.0704. The molecule has 0 bridgehead atoms. The number of aliphatic imine (C=N–C) groups is 1. The zero-order valence-electron chi connectivity index (χ0n) is 16.8. The third-order valence-electron chi connectivity index (χ3n) is 5.69. The van der Waals surface area contributed by atoms with E-state index < -0.39 is 11.8 Å². The monoisotopic (exact) mass is 425 g/mol. The van der Waals surface area contributed by atoms with Crippen molar-refractivity contribution in [1.82, 2.24) is 0 Å². The number of aliphatic hydroxyl groups excluding tert-OH is 1. The molecule has 6 heteroatoms. The second-order valence-corrected chi connectivity index (χ2v) is 8.69. The number of halogens is 1. The van der Waals surface area contributed by atoms with Gasteiger partial charge in [-0.1, -0.05) is 31.7 Å². The molecule has 0 amide bonds. The first-order valence-corrected chi connectivity index (χ1v) is 11.0. The molecule has 0 spiro atoms. The Morgan fingerprint density at radius 1 is 1.27 bits per heavy atom. The van der Waals surface area contributed by atoms with Gasteiger partial charge in [0.05, 0.1) is 23.8 Å². The highest BCUT2D eigenvalue weighted by molar-refractivity contribution is 7.10. The zero-order chi connectivity index (χ0) is 21.3. The molecule has 0 radical (unpaired) electrons. The van der Waals surface area contributed by atoms with Crippen LogP contribution in [0.3, 0.4) is 0 Å². The predicted octanol–water partition coefficient (Wildman–Crippen LogP) is 5.90. The Morgan fingerprint density at radius 3 is 2.70 bits per heavy atom. The van der Waals surface area contributed by atoms with Crippen LogP contribution in [0.2, 0.25) is 0 Å². The summed E-state index contributed by atoms with van der Waals surface area (Å²) in [6, 6.07) is 10.1. The number of hydrogen-bond donors (Lipinski definition) is 1. The van der Waals surface area contributed by atoms with E-state index in [0.717, 1.165) is 17.7 Å². The number of nitrogens with zero attached hydrogens (tertiary/aromatic N) is 1. The molecular formula is C24H24FNO3S. The number of hydrogen-bond acceptors (Lipinski definition) is 5. The fourth-order valence-corrected chi connectivity index (χ4v) is 5.20. The van der Waals surface area contributed by atoms with Crippen molar-refractivity contribution in [2.24, 2.45) is 10.9 Å². The molecule has 2 aromatic rings. The summed E-state index contributed by atoms with van der Waals surface area (Å²) < 4.78 is 19.1. The summed E-state index contributed by atoms with van der Waals surface area (Å²) in [6.07, 6.45) is 1.81. The maximum atomic E-state index is 13.6. The van der Waals surface area contributed by atoms with Gasteiger partial charge in [0.15, 0.2) is 0 Å². The van der Waals surface area contributed by atoms with Crippen LogP contribution in [0, 0.1) is 11.7 Å². The summed E-state index contributed by atoms with van der Waals surface area (Å²) in [6.45, 7) is 6.34. The van der Waals surface area contributed by atoms with Gasteiger partial charge in [-0.05, 0) is 42.0 Å². The van der Waals surface area contributed by atoms with Gasteiger partial charge in [0.25, 0.3) is 5.95 Å². The molecule has 1 aliphatic heterocycles. The maximum Gasteiger partial charge on any atom is 0.282 e. The first-order valence-electron chi connectivity index (χ1n) is 10.1. The summed E-state index contributed by atoms with van der Waals surface area (Å²) in [4.78, 5) is 19.2. The van der Waals surface area contributed by atoms with E-state index in [0.29, 0.717) is 30.7 Å². The Kier molecular flexibility index (Phi) is 5.86. The molecule has 156 valence electrons. The van der Waals surface area contributed by atoms with Crippen LogP contribution in [0.1, 0.15) is 48.5 Å². The smallest absolute Gasteiger partial charge is 0.282 e. The number of thiophene rings is 1. The molecule has 2 heterocycles. The lowest BCUT2D eigenvalue weighted by atomic mass is 9.66. The van der Waals surface area contributed by atoms with Gasteiger partial charge >= 0.3 is 0 Å². The molecule has 1 fully saturated rings. The van der Waals surface area contributed by atoms with E-state index in [1.807, 2.05) is 24.4 Å². The van der Waals surface area contributed by atoms with Crippen molar-refractivity contribution < 1.29 is 19.0 Å². The number of ketones is 1. The first kappa shape index (κ1) is 20.5. The highest BCUT2D eigenvalue weighted by atomic mass is 32.1. The van der Waals surface area contributed by atoms with Crippen LogP contribution >= 0.6 is 11.3 Å². The summed E-state index contributed by atoms with van der Waals surface area (Å²) in [5, 5.41) is 12.7. The van der Waals surface area contributed by atoms with E-state index in [1.165, 1.54) is 17.0 Å². The molecule has 1 aromatic heterocycles. The highest BCUT2D eigenvalue weighted by Gasteiger charge is 2.46. The van der Waals surface area contributed by atoms with Gasteiger partial charge in [-0.15, -0.1) is 11.3 Å². The van der Waals surface area contributed by atoms with Crippen LogP contribution in [-0.4, -0.2) is 23.2 Å². The van der Waals surface area contributed by atoms with Gasteiger partial charge in [0.1, 0.15) is 11.6 Å². The van der Waals surface area contributed by atoms with Gasteiger partial charge in [0.2, 0.25) is 0 Å². The Balaban J connectivity index is 1.79. The maximum absolute atomic E-state index is 13.6. The number of allylic oxidation sites excluding steroid dienone is 1. The van der Waals surface area contributed by atoms with E-state index in [4.69, 9.17) is 4.74 Å². The number of Topliss-reactive ketones (excluding diaryl/α,β-unsaturated/α-hetero) is 1. The van der Waals surface area contributed by atoms with Crippen LogP contribution in [0.25, 0.3) is 0 Å². The molecule has 30 heavy (non-hydrogen) atoms. The van der Waals surface area contributed by atoms with E-state index in [-0.39, 0.29) is 23.5 Å². The van der Waals surface area contributed by atoms with Crippen LogP contribution in [0.5, 0.6) is 0 Å². The minimum Gasteiger partial charge on any atom is -0.481 e. The molecular weight excluding hydrogens is 401 g/mol. The molecule has 1 aliphatic carbocycles. The normalized spacial score (nSPS) is 25.5. The van der Waals surface area contributed by atoms with E-state index >= 15 is 0 Å². The molecule has 1 N–H and O–H groups in total. The van der Waals surface area contributed by atoms with Crippen LogP contribution < -0.4 is 0 Å². The predicted molar refractivity (Wildman–Crippen MR) is 116 cm³/mol. The average molecular weight is 426 g/mol. The Hall–Kier alpha value is -2.73. The van der Waals surface area contributed by atoms with Crippen molar-refractivity contribution in [2.45, 2.75) is 38.0 Å². The molecule has 3 atom stereocenters. The number of carbonyl (C=O) groups excluding carboxylic acids is 1. The number of ether oxygens (including phenoxy) is 1. The zero-order valence-corrected chi connectivity index (χ0v) is 17.6. The molecule has 2 aliphatic rings. The number of fused-ring (bicyclic) bond motifs is 1. The van der Waals surface area contributed by atoms with Gasteiger partial charge in [-0.2, -0.15) is 0 Å². The highest BCUT2D eigenvalue weighted by Crippen LogP contribution is 2.48. The van der Waals surface area contributed by atoms with Crippen molar-refractivity contribution in [3.63, 3.8) is 0 Å². The number of carbonyl (C=O) groups is 1. The van der Waals surface area contributed by atoms with Crippen LogP contribution in [0.4, 0.5) is 4.39 Å². The van der Waals surface area contributed by atoms with Crippen LogP contribution in [0.15, 0.2) is 70.6 Å². The minimum atomic E-state index is -0.514. The molecule has 1 saturated carbocycles. The molecule has 4 nitrogen and oxygen atoms in total.